The Kier molecular flexibility index (Phi) is 6.12. The van der Waals surface area contributed by atoms with Gasteiger partial charge in [-0.25, -0.2) is 4.79 Å². The minimum absolute atomic E-state index is 0.0775. The molecule has 1 amide bonds. The number of nitrogens with one attached hydrogen (secondary N) is 1. The highest BCUT2D eigenvalue weighted by atomic mass is 16.5. The summed E-state index contributed by atoms with van der Waals surface area (Å²) in [5.41, 5.74) is 4.15. The monoisotopic (exact) mass is 393 g/mol. The Labute approximate surface area is 168 Å². The summed E-state index contributed by atoms with van der Waals surface area (Å²) < 4.78 is 10.5. The van der Waals surface area contributed by atoms with Crippen molar-refractivity contribution < 1.29 is 18.7 Å². The van der Waals surface area contributed by atoms with Crippen LogP contribution in [-0.2, 0) is 22.6 Å². The van der Waals surface area contributed by atoms with Crippen LogP contribution in [0, 0.1) is 13.8 Å². The van der Waals surface area contributed by atoms with Crippen molar-refractivity contribution >= 4 is 22.8 Å². The van der Waals surface area contributed by atoms with Gasteiger partial charge in [-0.15, -0.1) is 0 Å². The van der Waals surface area contributed by atoms with Gasteiger partial charge in [0.15, 0.2) is 0 Å². The second-order valence-corrected chi connectivity index (χ2v) is 6.92. The van der Waals surface area contributed by atoms with Crippen LogP contribution in [0.1, 0.15) is 39.5 Å². The van der Waals surface area contributed by atoms with Gasteiger partial charge in [0.1, 0.15) is 18.7 Å². The number of carbonyl (C=O) groups excluding carboxylic acids is 2. The highest BCUT2D eigenvalue weighted by molar-refractivity contribution is 5.96. The van der Waals surface area contributed by atoms with Crippen molar-refractivity contribution in [3.63, 3.8) is 0 Å². The van der Waals surface area contributed by atoms with Crippen LogP contribution in [-0.4, -0.2) is 18.4 Å². The normalized spacial score (nSPS) is 10.7. The maximum atomic E-state index is 12.2. The molecule has 0 aliphatic rings. The fourth-order valence-corrected chi connectivity index (χ4v) is 2.96. The Hall–Kier alpha value is -3.41. The number of benzene rings is 2. The number of fused-ring (bicyclic) bond motifs is 1. The van der Waals surface area contributed by atoms with Gasteiger partial charge < -0.3 is 14.5 Å². The third kappa shape index (κ3) is 4.90. The van der Waals surface area contributed by atoms with Crippen LogP contribution in [0.25, 0.3) is 11.0 Å². The first kappa shape index (κ1) is 20.3. The quantitative estimate of drug-likeness (QED) is 0.512. The molecular formula is C23H23NO5. The van der Waals surface area contributed by atoms with E-state index >= 15 is 0 Å². The standard InChI is InChI=1S/C23H23NO5/c1-4-16-6-8-19-18(11-21(25)29-20(19)10-16)13-28-22(26)12-24-23(27)17-7-5-14(2)15(3)9-17/h5-11H,4,12-13H2,1-3H3,(H,24,27). The number of ether oxygens (including phenoxy) is 1. The summed E-state index contributed by atoms with van der Waals surface area (Å²) in [6.07, 6.45) is 0.819. The molecule has 6 nitrogen and oxygen atoms in total. The number of esters is 1. The van der Waals surface area contributed by atoms with E-state index in [0.717, 1.165) is 23.1 Å². The molecular weight excluding hydrogens is 370 g/mol. The largest absolute Gasteiger partial charge is 0.459 e. The average Bonchev–Trinajstić information content (AvgIpc) is 2.71. The number of rotatable bonds is 6. The van der Waals surface area contributed by atoms with E-state index in [1.54, 1.807) is 12.1 Å². The highest BCUT2D eigenvalue weighted by Gasteiger charge is 2.12. The van der Waals surface area contributed by atoms with Gasteiger partial charge in [0.05, 0.1) is 0 Å². The second kappa shape index (κ2) is 8.73. The summed E-state index contributed by atoms with van der Waals surface area (Å²) in [4.78, 5) is 36.1. The van der Waals surface area contributed by atoms with Crippen molar-refractivity contribution in [3.8, 4) is 0 Å². The Morgan fingerprint density at radius 1 is 1.03 bits per heavy atom. The number of amides is 1. The third-order valence-corrected chi connectivity index (χ3v) is 4.85. The van der Waals surface area contributed by atoms with Crippen molar-refractivity contribution in [1.29, 1.82) is 0 Å². The van der Waals surface area contributed by atoms with Crippen LogP contribution >= 0.6 is 0 Å². The fourth-order valence-electron chi connectivity index (χ4n) is 2.96. The van der Waals surface area contributed by atoms with Gasteiger partial charge in [-0.1, -0.05) is 25.1 Å². The van der Waals surface area contributed by atoms with Crippen molar-refractivity contribution in [2.45, 2.75) is 33.8 Å². The molecule has 0 radical (unpaired) electrons. The molecule has 0 fully saturated rings. The first-order chi connectivity index (χ1) is 13.9. The molecule has 0 unspecified atom stereocenters. The predicted octanol–water partition coefficient (Wildman–Crippen LogP) is 3.45. The van der Waals surface area contributed by atoms with Gasteiger partial charge in [-0.3, -0.25) is 9.59 Å². The maximum Gasteiger partial charge on any atom is 0.336 e. The molecule has 0 bridgehead atoms. The van der Waals surface area contributed by atoms with E-state index in [1.807, 2.05) is 45.0 Å². The minimum Gasteiger partial charge on any atom is -0.459 e. The Balaban J connectivity index is 1.62. The lowest BCUT2D eigenvalue weighted by Gasteiger charge is -2.09. The van der Waals surface area contributed by atoms with Gasteiger partial charge >= 0.3 is 11.6 Å². The minimum atomic E-state index is -0.589. The lowest BCUT2D eigenvalue weighted by Crippen LogP contribution is -2.30. The smallest absolute Gasteiger partial charge is 0.336 e. The van der Waals surface area contributed by atoms with Crippen LogP contribution in [0.5, 0.6) is 0 Å². The molecule has 1 aromatic heterocycles. The summed E-state index contributed by atoms with van der Waals surface area (Å²) in [5, 5.41) is 3.27. The second-order valence-electron chi connectivity index (χ2n) is 6.92. The molecule has 0 saturated carbocycles. The lowest BCUT2D eigenvalue weighted by molar-refractivity contribution is -0.143. The van der Waals surface area contributed by atoms with Gasteiger partial charge in [0, 0.05) is 22.6 Å². The predicted molar refractivity (Wildman–Crippen MR) is 110 cm³/mol. The lowest BCUT2D eigenvalue weighted by atomic mass is 10.1. The number of hydrogen-bond acceptors (Lipinski definition) is 5. The maximum absolute atomic E-state index is 12.2. The summed E-state index contributed by atoms with van der Waals surface area (Å²) >= 11 is 0. The van der Waals surface area contributed by atoms with Crippen LogP contribution < -0.4 is 10.9 Å². The van der Waals surface area contributed by atoms with E-state index in [0.29, 0.717) is 22.1 Å². The molecule has 3 rings (SSSR count). The molecule has 0 atom stereocenters. The molecule has 0 spiro atoms. The number of hydrogen-bond donors (Lipinski definition) is 1. The van der Waals surface area contributed by atoms with Crippen LogP contribution in [0.4, 0.5) is 0 Å². The highest BCUT2D eigenvalue weighted by Crippen LogP contribution is 2.20. The van der Waals surface area contributed by atoms with E-state index in [4.69, 9.17) is 9.15 Å². The molecule has 0 saturated heterocycles. The van der Waals surface area contributed by atoms with Crippen LogP contribution in [0.3, 0.4) is 0 Å². The van der Waals surface area contributed by atoms with Gasteiger partial charge in [0.2, 0.25) is 0 Å². The van der Waals surface area contributed by atoms with E-state index in [2.05, 4.69) is 5.32 Å². The zero-order valence-electron chi connectivity index (χ0n) is 16.7. The molecule has 6 heteroatoms. The van der Waals surface area contributed by atoms with E-state index < -0.39 is 11.6 Å². The molecule has 0 aliphatic carbocycles. The topological polar surface area (TPSA) is 85.6 Å². The van der Waals surface area contributed by atoms with E-state index in [1.165, 1.54) is 6.07 Å². The molecule has 2 aromatic carbocycles. The van der Waals surface area contributed by atoms with Gasteiger partial charge in [-0.05, 0) is 55.2 Å². The van der Waals surface area contributed by atoms with Crippen molar-refractivity contribution in [2.75, 3.05) is 6.54 Å². The van der Waals surface area contributed by atoms with E-state index in [-0.39, 0.29) is 19.1 Å². The van der Waals surface area contributed by atoms with E-state index in [9.17, 15) is 14.4 Å². The van der Waals surface area contributed by atoms with Crippen molar-refractivity contribution in [3.05, 3.63) is 80.7 Å². The Bertz CT molecular complexity index is 1130. The average molecular weight is 393 g/mol. The molecule has 0 aliphatic heterocycles. The van der Waals surface area contributed by atoms with Gasteiger partial charge in [-0.2, -0.15) is 0 Å². The zero-order valence-corrected chi connectivity index (χ0v) is 16.7. The first-order valence-corrected chi connectivity index (χ1v) is 9.44. The number of aryl methyl sites for hydroxylation is 3. The Morgan fingerprint density at radius 2 is 1.83 bits per heavy atom. The summed E-state index contributed by atoms with van der Waals surface area (Å²) in [7, 11) is 0. The molecule has 150 valence electrons. The molecule has 29 heavy (non-hydrogen) atoms. The third-order valence-electron chi connectivity index (χ3n) is 4.85. The zero-order chi connectivity index (χ0) is 21.0. The van der Waals surface area contributed by atoms with Crippen molar-refractivity contribution in [1.82, 2.24) is 5.32 Å². The Morgan fingerprint density at radius 3 is 2.55 bits per heavy atom. The molecule has 3 aromatic rings. The fraction of sp³-hybridized carbons (Fsp3) is 0.261. The van der Waals surface area contributed by atoms with Crippen molar-refractivity contribution in [2.24, 2.45) is 0 Å². The molecule has 1 N–H and O–H groups in total. The summed E-state index contributed by atoms with van der Waals surface area (Å²) in [5.74, 6) is -0.934. The van der Waals surface area contributed by atoms with Crippen LogP contribution in [0.15, 0.2) is 51.7 Å². The van der Waals surface area contributed by atoms with Crippen LogP contribution in [0.2, 0.25) is 0 Å². The summed E-state index contributed by atoms with van der Waals surface area (Å²) in [6.45, 7) is 5.56. The molecule has 1 heterocycles. The number of carbonyl (C=O) groups is 2. The SMILES string of the molecule is CCc1ccc2c(COC(=O)CNC(=O)c3ccc(C)c(C)c3)cc(=O)oc2c1. The first-order valence-electron chi connectivity index (χ1n) is 9.44. The van der Waals surface area contributed by atoms with Gasteiger partial charge in [0.25, 0.3) is 5.91 Å². The summed E-state index contributed by atoms with van der Waals surface area (Å²) in [6, 6.07) is 12.3.